The van der Waals surface area contributed by atoms with Gasteiger partial charge in [-0.05, 0) is 38.5 Å². The van der Waals surface area contributed by atoms with Crippen LogP contribution >= 0.6 is 0 Å². The van der Waals surface area contributed by atoms with Crippen LogP contribution in [0.3, 0.4) is 0 Å². The van der Waals surface area contributed by atoms with Gasteiger partial charge in [0.2, 0.25) is 0 Å². The van der Waals surface area contributed by atoms with Crippen LogP contribution in [0.5, 0.6) is 11.5 Å². The van der Waals surface area contributed by atoms with Gasteiger partial charge in [0.15, 0.2) is 0 Å². The van der Waals surface area contributed by atoms with E-state index >= 15 is 0 Å². The average Bonchev–Trinajstić information content (AvgIpc) is 2.37. The molecule has 0 saturated carbocycles. The van der Waals surface area contributed by atoms with Gasteiger partial charge in [-0.3, -0.25) is 0 Å². The van der Waals surface area contributed by atoms with Crippen LogP contribution in [0, 0.1) is 0 Å². The van der Waals surface area contributed by atoms with Gasteiger partial charge in [0.1, 0.15) is 17.1 Å². The fourth-order valence-electron chi connectivity index (χ4n) is 2.17. The Hall–Kier alpha value is -1.71. The zero-order valence-electron chi connectivity index (χ0n) is 11.8. The molecule has 0 bridgehead atoms. The number of ether oxygens (including phenoxy) is 2. The van der Waals surface area contributed by atoms with Crippen molar-refractivity contribution >= 4 is 5.71 Å². The second kappa shape index (κ2) is 5.51. The van der Waals surface area contributed by atoms with Crippen molar-refractivity contribution in [3.05, 3.63) is 23.8 Å². The van der Waals surface area contributed by atoms with Crippen LogP contribution in [-0.4, -0.2) is 23.1 Å². The van der Waals surface area contributed by atoms with Crippen molar-refractivity contribution in [3.8, 4) is 11.5 Å². The van der Waals surface area contributed by atoms with E-state index < -0.39 is 0 Å². The molecule has 1 aromatic rings. The Labute approximate surface area is 114 Å². The third kappa shape index (κ3) is 3.19. The molecule has 0 aliphatic carbocycles. The van der Waals surface area contributed by atoms with Crippen molar-refractivity contribution in [2.24, 2.45) is 5.16 Å². The van der Waals surface area contributed by atoms with Crippen molar-refractivity contribution in [2.45, 2.75) is 45.6 Å². The highest BCUT2D eigenvalue weighted by atomic mass is 16.5. The monoisotopic (exact) mass is 263 g/mol. The summed E-state index contributed by atoms with van der Waals surface area (Å²) in [6.07, 6.45) is 2.71. The Kier molecular flexibility index (Phi) is 3.98. The maximum atomic E-state index is 9.17. The SMILES string of the molecule is CCCCOc1ccc2c(c1)C(=NO)CC(C)(C)O2. The molecule has 19 heavy (non-hydrogen) atoms. The summed E-state index contributed by atoms with van der Waals surface area (Å²) in [6, 6.07) is 5.66. The first kappa shape index (κ1) is 13.7. The predicted molar refractivity (Wildman–Crippen MR) is 74.5 cm³/mol. The van der Waals surface area contributed by atoms with Crippen molar-refractivity contribution in [1.29, 1.82) is 0 Å². The number of hydrogen-bond acceptors (Lipinski definition) is 4. The normalized spacial score (nSPS) is 18.8. The van der Waals surface area contributed by atoms with Gasteiger partial charge in [0.25, 0.3) is 0 Å². The standard InChI is InChI=1S/C15H21NO3/c1-4-5-8-18-11-6-7-14-12(9-11)13(16-17)10-15(2,3)19-14/h6-7,9,17H,4-5,8,10H2,1-3H3. The van der Waals surface area contributed by atoms with E-state index in [9.17, 15) is 0 Å². The lowest BCUT2D eigenvalue weighted by Gasteiger charge is -2.32. The minimum absolute atomic E-state index is 0.348. The van der Waals surface area contributed by atoms with Gasteiger partial charge in [0, 0.05) is 12.0 Å². The van der Waals surface area contributed by atoms with E-state index in [1.54, 1.807) is 0 Å². The van der Waals surface area contributed by atoms with Crippen LogP contribution in [0.4, 0.5) is 0 Å². The summed E-state index contributed by atoms with van der Waals surface area (Å²) in [6.45, 7) is 6.79. The van der Waals surface area contributed by atoms with Crippen LogP contribution < -0.4 is 9.47 Å². The molecule has 0 radical (unpaired) electrons. The fraction of sp³-hybridized carbons (Fsp3) is 0.533. The Balaban J connectivity index is 2.24. The zero-order valence-corrected chi connectivity index (χ0v) is 11.8. The molecule has 2 rings (SSSR count). The van der Waals surface area contributed by atoms with Crippen LogP contribution in [0.15, 0.2) is 23.4 Å². The predicted octanol–water partition coefficient (Wildman–Crippen LogP) is 3.60. The fourth-order valence-corrected chi connectivity index (χ4v) is 2.17. The Morgan fingerprint density at radius 2 is 2.21 bits per heavy atom. The third-order valence-corrected chi connectivity index (χ3v) is 3.13. The molecule has 0 spiro atoms. The summed E-state index contributed by atoms with van der Waals surface area (Å²) in [5, 5.41) is 12.6. The molecule has 104 valence electrons. The molecule has 0 unspecified atom stereocenters. The molecule has 0 aromatic heterocycles. The summed E-state index contributed by atoms with van der Waals surface area (Å²) in [5.74, 6) is 1.53. The number of benzene rings is 1. The molecule has 1 N–H and O–H groups in total. The Morgan fingerprint density at radius 1 is 1.42 bits per heavy atom. The second-order valence-electron chi connectivity index (χ2n) is 5.45. The van der Waals surface area contributed by atoms with E-state index in [1.807, 2.05) is 32.0 Å². The van der Waals surface area contributed by atoms with Crippen molar-refractivity contribution < 1.29 is 14.7 Å². The number of oxime groups is 1. The number of rotatable bonds is 4. The highest BCUT2D eigenvalue weighted by Crippen LogP contribution is 2.35. The van der Waals surface area contributed by atoms with E-state index in [-0.39, 0.29) is 5.60 Å². The zero-order chi connectivity index (χ0) is 13.9. The van der Waals surface area contributed by atoms with E-state index in [1.165, 1.54) is 0 Å². The Bertz CT molecular complexity index is 480. The molecule has 1 aliphatic heterocycles. The molecule has 0 amide bonds. The lowest BCUT2D eigenvalue weighted by atomic mass is 9.92. The van der Waals surface area contributed by atoms with Crippen LogP contribution in [0.2, 0.25) is 0 Å². The van der Waals surface area contributed by atoms with Gasteiger partial charge < -0.3 is 14.7 Å². The summed E-state index contributed by atoms with van der Waals surface area (Å²) in [4.78, 5) is 0. The first-order chi connectivity index (χ1) is 9.05. The number of hydrogen-bond donors (Lipinski definition) is 1. The topological polar surface area (TPSA) is 51.0 Å². The van der Waals surface area contributed by atoms with Gasteiger partial charge in [-0.2, -0.15) is 0 Å². The minimum Gasteiger partial charge on any atom is -0.494 e. The van der Waals surface area contributed by atoms with Crippen molar-refractivity contribution in [1.82, 2.24) is 0 Å². The lowest BCUT2D eigenvalue weighted by molar-refractivity contribution is 0.109. The number of nitrogens with zero attached hydrogens (tertiary/aromatic N) is 1. The molecule has 1 heterocycles. The average molecular weight is 263 g/mol. The second-order valence-corrected chi connectivity index (χ2v) is 5.45. The summed E-state index contributed by atoms with van der Waals surface area (Å²) in [5.41, 5.74) is 1.11. The Morgan fingerprint density at radius 3 is 2.89 bits per heavy atom. The molecule has 0 atom stereocenters. The van der Waals surface area contributed by atoms with Gasteiger partial charge in [-0.25, -0.2) is 0 Å². The third-order valence-electron chi connectivity index (χ3n) is 3.13. The van der Waals surface area contributed by atoms with Gasteiger partial charge in [-0.15, -0.1) is 0 Å². The van der Waals surface area contributed by atoms with E-state index in [4.69, 9.17) is 14.7 Å². The maximum Gasteiger partial charge on any atom is 0.129 e. The van der Waals surface area contributed by atoms with Gasteiger partial charge in [0.05, 0.1) is 12.3 Å². The van der Waals surface area contributed by atoms with E-state index in [0.29, 0.717) is 18.7 Å². The molecule has 1 aliphatic rings. The molecular formula is C15H21NO3. The van der Waals surface area contributed by atoms with E-state index in [2.05, 4.69) is 12.1 Å². The molecule has 1 aromatic carbocycles. The first-order valence-corrected chi connectivity index (χ1v) is 6.73. The molecule has 4 heteroatoms. The molecule has 4 nitrogen and oxygen atoms in total. The van der Waals surface area contributed by atoms with Crippen LogP contribution in [-0.2, 0) is 0 Å². The summed E-state index contributed by atoms with van der Waals surface area (Å²) < 4.78 is 11.5. The lowest BCUT2D eigenvalue weighted by Crippen LogP contribution is -2.36. The minimum atomic E-state index is -0.348. The molecular weight excluding hydrogens is 242 g/mol. The highest BCUT2D eigenvalue weighted by molar-refractivity contribution is 6.04. The van der Waals surface area contributed by atoms with Gasteiger partial charge >= 0.3 is 0 Å². The van der Waals surface area contributed by atoms with Crippen molar-refractivity contribution in [2.75, 3.05) is 6.61 Å². The van der Waals surface area contributed by atoms with Crippen LogP contribution in [0.1, 0.15) is 45.6 Å². The summed E-state index contributed by atoms with van der Waals surface area (Å²) >= 11 is 0. The number of fused-ring (bicyclic) bond motifs is 1. The van der Waals surface area contributed by atoms with Crippen LogP contribution in [0.25, 0.3) is 0 Å². The van der Waals surface area contributed by atoms with Gasteiger partial charge in [-0.1, -0.05) is 18.5 Å². The smallest absolute Gasteiger partial charge is 0.129 e. The first-order valence-electron chi connectivity index (χ1n) is 6.73. The van der Waals surface area contributed by atoms with E-state index in [0.717, 1.165) is 29.9 Å². The quantitative estimate of drug-likeness (QED) is 0.513. The molecule has 0 fully saturated rings. The largest absolute Gasteiger partial charge is 0.494 e. The molecule has 0 saturated heterocycles. The summed E-state index contributed by atoms with van der Waals surface area (Å²) in [7, 11) is 0. The maximum absolute atomic E-state index is 9.17. The highest BCUT2D eigenvalue weighted by Gasteiger charge is 2.31. The van der Waals surface area contributed by atoms with Crippen molar-refractivity contribution in [3.63, 3.8) is 0 Å². The number of unbranched alkanes of at least 4 members (excludes halogenated alkanes) is 1.